The molecule has 3 heteroatoms. The molecule has 0 saturated heterocycles. The van der Waals surface area contributed by atoms with Crippen LogP contribution in [0.4, 0.5) is 0 Å². The Morgan fingerprint density at radius 2 is 1.85 bits per heavy atom. The second kappa shape index (κ2) is 5.75. The first-order valence-electron chi connectivity index (χ1n) is 6.76. The van der Waals surface area contributed by atoms with Crippen LogP contribution >= 0.6 is 11.3 Å². The van der Waals surface area contributed by atoms with E-state index in [0.29, 0.717) is 0 Å². The van der Waals surface area contributed by atoms with Crippen molar-refractivity contribution < 1.29 is 0 Å². The Balaban J connectivity index is 1.96. The van der Waals surface area contributed by atoms with Crippen LogP contribution in [0.5, 0.6) is 0 Å². The Morgan fingerprint density at radius 3 is 2.65 bits per heavy atom. The average Bonchev–Trinajstić information content (AvgIpc) is 2.90. The van der Waals surface area contributed by atoms with E-state index >= 15 is 0 Å². The van der Waals surface area contributed by atoms with Gasteiger partial charge in [0.1, 0.15) is 0 Å². The van der Waals surface area contributed by atoms with Crippen LogP contribution in [0.1, 0.15) is 22.7 Å². The fourth-order valence-corrected chi connectivity index (χ4v) is 3.60. The Morgan fingerprint density at radius 1 is 1.10 bits per heavy atom. The monoisotopic (exact) mass is 282 g/mol. The van der Waals surface area contributed by atoms with Crippen LogP contribution in [-0.4, -0.2) is 0 Å². The van der Waals surface area contributed by atoms with Gasteiger partial charge in [-0.15, -0.1) is 11.3 Å². The van der Waals surface area contributed by atoms with Gasteiger partial charge in [0.15, 0.2) is 0 Å². The number of nitrogens with one attached hydrogen (secondary N) is 1. The number of rotatable bonds is 4. The molecule has 20 heavy (non-hydrogen) atoms. The summed E-state index contributed by atoms with van der Waals surface area (Å²) in [6.07, 6.45) is 0.907. The number of hydrogen-bond acceptors (Lipinski definition) is 3. The van der Waals surface area contributed by atoms with Crippen molar-refractivity contribution in [3.05, 3.63) is 70.6 Å². The van der Waals surface area contributed by atoms with E-state index in [1.165, 1.54) is 26.8 Å². The van der Waals surface area contributed by atoms with Gasteiger partial charge < -0.3 is 0 Å². The molecule has 0 spiro atoms. The molecule has 0 aliphatic rings. The second-order valence-electron chi connectivity index (χ2n) is 5.04. The zero-order valence-corrected chi connectivity index (χ0v) is 12.3. The molecular weight excluding hydrogens is 264 g/mol. The normalized spacial score (nSPS) is 12.7. The van der Waals surface area contributed by atoms with E-state index in [1.54, 1.807) is 11.3 Å². The summed E-state index contributed by atoms with van der Waals surface area (Å²) in [5.74, 6) is 5.81. The standard InChI is InChI=1S/C17H18N2S/c1-12-6-2-3-7-13(12)10-16(19-18)15-11-20-17-9-5-4-8-14(15)17/h2-9,11,16,19H,10,18H2,1H3. The van der Waals surface area contributed by atoms with Gasteiger partial charge in [0.25, 0.3) is 0 Å². The lowest BCUT2D eigenvalue weighted by molar-refractivity contribution is 0.555. The van der Waals surface area contributed by atoms with Gasteiger partial charge in [0.2, 0.25) is 0 Å². The molecular formula is C17H18N2S. The maximum absolute atomic E-state index is 5.81. The van der Waals surface area contributed by atoms with Crippen molar-refractivity contribution in [1.29, 1.82) is 0 Å². The SMILES string of the molecule is Cc1ccccc1CC(NN)c1csc2ccccc12. The maximum Gasteiger partial charge on any atom is 0.0514 e. The van der Waals surface area contributed by atoms with E-state index in [2.05, 4.69) is 66.3 Å². The number of hydrogen-bond donors (Lipinski definition) is 2. The smallest absolute Gasteiger partial charge is 0.0514 e. The summed E-state index contributed by atoms with van der Waals surface area (Å²) in [6.45, 7) is 2.15. The zero-order chi connectivity index (χ0) is 13.9. The minimum atomic E-state index is 0.146. The number of benzene rings is 2. The van der Waals surface area contributed by atoms with E-state index < -0.39 is 0 Å². The molecule has 0 radical (unpaired) electrons. The highest BCUT2D eigenvalue weighted by Gasteiger charge is 2.15. The molecule has 0 fully saturated rings. The Bertz CT molecular complexity index is 718. The molecule has 1 atom stereocenters. The first-order valence-corrected chi connectivity index (χ1v) is 7.64. The summed E-state index contributed by atoms with van der Waals surface area (Å²) in [5.41, 5.74) is 6.92. The number of thiophene rings is 1. The minimum Gasteiger partial charge on any atom is -0.271 e. The third-order valence-corrected chi connectivity index (χ3v) is 4.75. The Hall–Kier alpha value is -1.68. The summed E-state index contributed by atoms with van der Waals surface area (Å²) >= 11 is 1.78. The molecule has 2 aromatic carbocycles. The zero-order valence-electron chi connectivity index (χ0n) is 11.5. The van der Waals surface area contributed by atoms with Crippen molar-refractivity contribution >= 4 is 21.4 Å². The number of aryl methyl sites for hydroxylation is 1. The summed E-state index contributed by atoms with van der Waals surface area (Å²) in [4.78, 5) is 0. The van der Waals surface area contributed by atoms with Crippen molar-refractivity contribution in [3.63, 3.8) is 0 Å². The van der Waals surface area contributed by atoms with Gasteiger partial charge in [0.05, 0.1) is 6.04 Å². The summed E-state index contributed by atoms with van der Waals surface area (Å²) in [5, 5.41) is 3.52. The van der Waals surface area contributed by atoms with E-state index in [9.17, 15) is 0 Å². The van der Waals surface area contributed by atoms with Crippen LogP contribution in [0.2, 0.25) is 0 Å². The van der Waals surface area contributed by atoms with Crippen molar-refractivity contribution in [2.45, 2.75) is 19.4 Å². The molecule has 0 amide bonds. The maximum atomic E-state index is 5.81. The third-order valence-electron chi connectivity index (χ3n) is 3.77. The van der Waals surface area contributed by atoms with E-state index in [1.807, 2.05) is 0 Å². The Kier molecular flexibility index (Phi) is 3.83. The molecule has 0 aliphatic carbocycles. The molecule has 3 rings (SSSR count). The number of nitrogens with two attached hydrogens (primary N) is 1. The van der Waals surface area contributed by atoms with Crippen molar-refractivity contribution in [2.75, 3.05) is 0 Å². The molecule has 3 N–H and O–H groups in total. The van der Waals surface area contributed by atoms with Gasteiger partial charge in [-0.3, -0.25) is 11.3 Å². The second-order valence-corrected chi connectivity index (χ2v) is 5.95. The largest absolute Gasteiger partial charge is 0.271 e. The lowest BCUT2D eigenvalue weighted by Crippen LogP contribution is -2.29. The first-order chi connectivity index (χ1) is 9.79. The summed E-state index contributed by atoms with van der Waals surface area (Å²) in [6, 6.07) is 17.1. The van der Waals surface area contributed by atoms with E-state index in [-0.39, 0.29) is 6.04 Å². The van der Waals surface area contributed by atoms with Gasteiger partial charge in [0, 0.05) is 4.70 Å². The van der Waals surface area contributed by atoms with Gasteiger partial charge in [-0.25, -0.2) is 0 Å². The number of fused-ring (bicyclic) bond motifs is 1. The fourth-order valence-electron chi connectivity index (χ4n) is 2.59. The lowest BCUT2D eigenvalue weighted by atomic mass is 9.96. The third kappa shape index (κ3) is 2.48. The highest BCUT2D eigenvalue weighted by atomic mass is 32.1. The quantitative estimate of drug-likeness (QED) is 0.561. The van der Waals surface area contributed by atoms with Gasteiger partial charge in [-0.2, -0.15) is 0 Å². The van der Waals surface area contributed by atoms with Crippen molar-refractivity contribution in [2.24, 2.45) is 5.84 Å². The predicted molar refractivity (Wildman–Crippen MR) is 86.8 cm³/mol. The molecule has 0 aliphatic heterocycles. The van der Waals surface area contributed by atoms with Crippen molar-refractivity contribution in [1.82, 2.24) is 5.43 Å². The van der Waals surface area contributed by atoms with Gasteiger partial charge in [-0.1, -0.05) is 42.5 Å². The molecule has 0 bridgehead atoms. The summed E-state index contributed by atoms with van der Waals surface area (Å²) < 4.78 is 1.31. The molecule has 0 saturated carbocycles. The van der Waals surface area contributed by atoms with E-state index in [4.69, 9.17) is 5.84 Å². The van der Waals surface area contributed by atoms with E-state index in [0.717, 1.165) is 6.42 Å². The topological polar surface area (TPSA) is 38.0 Å². The molecule has 2 nitrogen and oxygen atoms in total. The van der Waals surface area contributed by atoms with Gasteiger partial charge >= 0.3 is 0 Å². The van der Waals surface area contributed by atoms with Crippen LogP contribution in [0.3, 0.4) is 0 Å². The number of hydrazine groups is 1. The van der Waals surface area contributed by atoms with Crippen LogP contribution in [0.25, 0.3) is 10.1 Å². The summed E-state index contributed by atoms with van der Waals surface area (Å²) in [7, 11) is 0. The molecule has 102 valence electrons. The Labute approximate surface area is 123 Å². The van der Waals surface area contributed by atoms with Crippen LogP contribution in [0.15, 0.2) is 53.9 Å². The van der Waals surface area contributed by atoms with Gasteiger partial charge in [-0.05, 0) is 46.9 Å². The highest BCUT2D eigenvalue weighted by molar-refractivity contribution is 7.17. The highest BCUT2D eigenvalue weighted by Crippen LogP contribution is 2.31. The van der Waals surface area contributed by atoms with Crippen LogP contribution in [-0.2, 0) is 6.42 Å². The predicted octanol–water partition coefficient (Wildman–Crippen LogP) is 3.96. The molecule has 1 heterocycles. The molecule has 1 unspecified atom stereocenters. The fraction of sp³-hybridized carbons (Fsp3) is 0.176. The average molecular weight is 282 g/mol. The van der Waals surface area contributed by atoms with Crippen LogP contribution < -0.4 is 11.3 Å². The minimum absolute atomic E-state index is 0.146. The molecule has 3 aromatic rings. The van der Waals surface area contributed by atoms with Crippen molar-refractivity contribution in [3.8, 4) is 0 Å². The molecule has 1 aromatic heterocycles. The lowest BCUT2D eigenvalue weighted by Gasteiger charge is -2.17. The van der Waals surface area contributed by atoms with Crippen LogP contribution in [0, 0.1) is 6.92 Å². The first kappa shape index (κ1) is 13.3.